The third-order valence-corrected chi connectivity index (χ3v) is 5.75. The quantitative estimate of drug-likeness (QED) is 0.230. The Balaban J connectivity index is 0.000000283. The summed E-state index contributed by atoms with van der Waals surface area (Å²) in [7, 11) is 0. The van der Waals surface area contributed by atoms with Crippen LogP contribution in [0, 0.1) is 0 Å². The third kappa shape index (κ3) is 13.1. The summed E-state index contributed by atoms with van der Waals surface area (Å²) in [6.07, 6.45) is 7.39. The van der Waals surface area contributed by atoms with E-state index in [4.69, 9.17) is 21.7 Å². The van der Waals surface area contributed by atoms with Gasteiger partial charge in [-0.05, 0) is 48.2 Å². The highest BCUT2D eigenvalue weighted by Gasteiger charge is 2.16. The Morgan fingerprint density at radius 2 is 0.857 bits per heavy atom. The summed E-state index contributed by atoms with van der Waals surface area (Å²) in [4.78, 5) is 49.7. The summed E-state index contributed by atoms with van der Waals surface area (Å²) in [5.41, 5.74) is 12.6. The fourth-order valence-corrected chi connectivity index (χ4v) is 3.51. The smallest absolute Gasteiger partial charge is 0.310 e. The number of carbonyl (C=O) groups excluding carboxylic acids is 2. The Bertz CT molecular complexity index is 1250. The van der Waals surface area contributed by atoms with Gasteiger partial charge in [0.1, 0.15) is 0 Å². The van der Waals surface area contributed by atoms with E-state index >= 15 is 0 Å². The van der Waals surface area contributed by atoms with E-state index in [0.717, 1.165) is 11.1 Å². The molecular formula is C32H36N4O6. The van der Waals surface area contributed by atoms with Crippen LogP contribution < -0.4 is 11.5 Å². The van der Waals surface area contributed by atoms with Gasteiger partial charge in [-0.15, -0.1) is 0 Å². The summed E-state index contributed by atoms with van der Waals surface area (Å²) in [6.45, 7) is 3.76. The van der Waals surface area contributed by atoms with Crippen LogP contribution in [0.4, 0.5) is 0 Å². The number of benzene rings is 2. The monoisotopic (exact) mass is 572 g/mol. The molecule has 2 atom stereocenters. The van der Waals surface area contributed by atoms with Crippen molar-refractivity contribution < 1.29 is 29.4 Å². The summed E-state index contributed by atoms with van der Waals surface area (Å²) in [5, 5.41) is 17.7. The molecule has 0 aliphatic heterocycles. The Labute approximate surface area is 245 Å². The number of nitrogens with zero attached hydrogens (tertiary/aromatic N) is 2. The number of nitrogens with two attached hydrogens (primary N) is 2. The van der Waals surface area contributed by atoms with E-state index < -0.39 is 23.8 Å². The van der Waals surface area contributed by atoms with Gasteiger partial charge < -0.3 is 21.7 Å². The molecule has 0 spiro atoms. The lowest BCUT2D eigenvalue weighted by atomic mass is 9.97. The molecule has 2 amide bonds. The van der Waals surface area contributed by atoms with Crippen molar-refractivity contribution in [2.45, 2.75) is 38.5 Å². The average molecular weight is 573 g/mol. The van der Waals surface area contributed by atoms with E-state index in [9.17, 15) is 19.2 Å². The van der Waals surface area contributed by atoms with E-state index in [0.29, 0.717) is 24.0 Å². The van der Waals surface area contributed by atoms with Gasteiger partial charge in [-0.3, -0.25) is 29.1 Å². The van der Waals surface area contributed by atoms with Crippen LogP contribution >= 0.6 is 0 Å². The van der Waals surface area contributed by atoms with Crippen molar-refractivity contribution in [3.05, 3.63) is 132 Å². The molecule has 4 rings (SSSR count). The van der Waals surface area contributed by atoms with Crippen LogP contribution in [0.2, 0.25) is 0 Å². The van der Waals surface area contributed by atoms with E-state index in [1.165, 1.54) is 24.8 Å². The Kier molecular flexibility index (Phi) is 16.2. The first-order chi connectivity index (χ1) is 20.1. The molecule has 2 aromatic heterocycles. The average Bonchev–Trinajstić information content (AvgIpc) is 3.00. The SMILES string of the molecule is CC[C@H](C(=O)O)c1ccccc1.CC[C@H](C(=O)O)c1ccccc1.NC(=O)c1ccncc1.NC(=O)c1ccncc1. The molecule has 0 saturated heterocycles. The molecule has 220 valence electrons. The zero-order chi connectivity index (χ0) is 31.3. The van der Waals surface area contributed by atoms with Crippen molar-refractivity contribution in [2.75, 3.05) is 0 Å². The fourth-order valence-electron chi connectivity index (χ4n) is 3.51. The maximum absolute atomic E-state index is 10.7. The predicted octanol–water partition coefficient (Wildman–Crippen LogP) is 4.89. The third-order valence-electron chi connectivity index (χ3n) is 5.75. The molecule has 0 aliphatic carbocycles. The molecular weight excluding hydrogens is 536 g/mol. The van der Waals surface area contributed by atoms with Crippen molar-refractivity contribution in [3.63, 3.8) is 0 Å². The standard InChI is InChI=1S/2C10H12O2.2C6H6N2O/c2*1-2-9(10(11)12)8-6-4-3-5-7-8;2*7-6(9)5-1-3-8-4-2-5/h2*3-7,9H,2H2,1H3,(H,11,12);2*1-4H,(H2,7,9)/t2*9-;;/m00../s1. The minimum atomic E-state index is -0.747. The number of carboxylic acids is 2. The van der Waals surface area contributed by atoms with E-state index in [-0.39, 0.29) is 11.8 Å². The molecule has 2 aromatic carbocycles. The maximum atomic E-state index is 10.7. The van der Waals surface area contributed by atoms with Gasteiger partial charge in [-0.25, -0.2) is 0 Å². The molecule has 4 aromatic rings. The maximum Gasteiger partial charge on any atom is 0.310 e. The highest BCUT2D eigenvalue weighted by molar-refractivity contribution is 5.92. The molecule has 0 saturated carbocycles. The second-order valence-corrected chi connectivity index (χ2v) is 8.62. The minimum Gasteiger partial charge on any atom is -0.481 e. The van der Waals surface area contributed by atoms with Crippen LogP contribution in [0.1, 0.15) is 70.4 Å². The van der Waals surface area contributed by atoms with Gasteiger partial charge in [0.2, 0.25) is 11.8 Å². The zero-order valence-corrected chi connectivity index (χ0v) is 23.5. The van der Waals surface area contributed by atoms with Crippen molar-refractivity contribution in [3.8, 4) is 0 Å². The number of pyridine rings is 2. The van der Waals surface area contributed by atoms with Crippen molar-refractivity contribution in [1.82, 2.24) is 9.97 Å². The summed E-state index contributed by atoms with van der Waals surface area (Å²) >= 11 is 0. The van der Waals surface area contributed by atoms with E-state index in [1.54, 1.807) is 24.3 Å². The first-order valence-electron chi connectivity index (χ1n) is 13.1. The van der Waals surface area contributed by atoms with Crippen LogP contribution in [0.3, 0.4) is 0 Å². The van der Waals surface area contributed by atoms with Crippen molar-refractivity contribution >= 4 is 23.8 Å². The second kappa shape index (κ2) is 19.6. The largest absolute Gasteiger partial charge is 0.481 e. The summed E-state index contributed by atoms with van der Waals surface area (Å²) in [6, 6.07) is 24.9. The van der Waals surface area contributed by atoms with Gasteiger partial charge in [0.25, 0.3) is 0 Å². The molecule has 0 aliphatic rings. The first kappa shape index (κ1) is 34.6. The molecule has 10 nitrogen and oxygen atoms in total. The Morgan fingerprint density at radius 1 is 0.571 bits per heavy atom. The molecule has 42 heavy (non-hydrogen) atoms. The van der Waals surface area contributed by atoms with Gasteiger partial charge in [-0.1, -0.05) is 74.5 Å². The van der Waals surface area contributed by atoms with Gasteiger partial charge in [-0.2, -0.15) is 0 Å². The topological polar surface area (TPSA) is 187 Å². The van der Waals surface area contributed by atoms with Crippen LogP contribution in [-0.4, -0.2) is 43.9 Å². The fraction of sp³-hybridized carbons (Fsp3) is 0.188. The molecule has 0 unspecified atom stereocenters. The molecule has 6 N–H and O–H groups in total. The normalized spacial score (nSPS) is 10.9. The predicted molar refractivity (Wildman–Crippen MR) is 160 cm³/mol. The summed E-state index contributed by atoms with van der Waals surface area (Å²) in [5.74, 6) is -3.04. The lowest BCUT2D eigenvalue weighted by Gasteiger charge is -2.08. The van der Waals surface area contributed by atoms with Crippen LogP contribution in [0.15, 0.2) is 110 Å². The molecule has 0 fully saturated rings. The molecule has 0 bridgehead atoms. The van der Waals surface area contributed by atoms with Crippen LogP contribution in [0.25, 0.3) is 0 Å². The van der Waals surface area contributed by atoms with Gasteiger partial charge in [0.15, 0.2) is 0 Å². The van der Waals surface area contributed by atoms with E-state index in [1.807, 2.05) is 74.5 Å². The van der Waals surface area contributed by atoms with Crippen molar-refractivity contribution in [2.24, 2.45) is 11.5 Å². The van der Waals surface area contributed by atoms with E-state index in [2.05, 4.69) is 9.97 Å². The lowest BCUT2D eigenvalue weighted by Crippen LogP contribution is -2.10. The molecule has 0 radical (unpaired) electrons. The lowest BCUT2D eigenvalue weighted by molar-refractivity contribution is -0.139. The number of carboxylic acid groups (broad SMARTS) is 2. The number of amides is 2. The molecule has 10 heteroatoms. The molecule has 2 heterocycles. The van der Waals surface area contributed by atoms with Crippen molar-refractivity contribution in [1.29, 1.82) is 0 Å². The Hall–Kier alpha value is -5.38. The number of primary amides is 2. The zero-order valence-electron chi connectivity index (χ0n) is 23.5. The van der Waals surface area contributed by atoms with Gasteiger partial charge >= 0.3 is 11.9 Å². The number of carbonyl (C=O) groups is 4. The number of rotatable bonds is 8. The second-order valence-electron chi connectivity index (χ2n) is 8.62. The number of aliphatic carboxylic acids is 2. The van der Waals surface area contributed by atoms with Gasteiger partial charge in [0.05, 0.1) is 11.8 Å². The number of hydrogen-bond donors (Lipinski definition) is 4. The van der Waals surface area contributed by atoms with Gasteiger partial charge in [0, 0.05) is 35.9 Å². The number of hydrogen-bond acceptors (Lipinski definition) is 6. The minimum absolute atomic E-state index is 0.355. The number of aromatic nitrogens is 2. The Morgan fingerprint density at radius 3 is 1.05 bits per heavy atom. The van der Waals surface area contributed by atoms with Crippen LogP contribution in [0.5, 0.6) is 0 Å². The summed E-state index contributed by atoms with van der Waals surface area (Å²) < 4.78 is 0. The van der Waals surface area contributed by atoms with Crippen LogP contribution in [-0.2, 0) is 9.59 Å². The highest BCUT2D eigenvalue weighted by atomic mass is 16.4. The first-order valence-corrected chi connectivity index (χ1v) is 13.1. The highest BCUT2D eigenvalue weighted by Crippen LogP contribution is 2.19.